The first kappa shape index (κ1) is 16.6. The number of benzene rings is 1. The molecular weight excluding hydrogens is 278 g/mol. The SMILES string of the molecule is CCN(CCNS(C)(=O)=O)c1cc(C)c(N=O)c(C)c1. The van der Waals surface area contributed by atoms with Crippen molar-refractivity contribution in [3.63, 3.8) is 0 Å². The summed E-state index contributed by atoms with van der Waals surface area (Å²) in [6.45, 7) is 7.34. The fourth-order valence-corrected chi connectivity index (χ4v) is 2.56. The Morgan fingerprint density at radius 2 is 1.80 bits per heavy atom. The Morgan fingerprint density at radius 1 is 1.25 bits per heavy atom. The average molecular weight is 299 g/mol. The molecule has 0 heterocycles. The Hall–Kier alpha value is -1.47. The van der Waals surface area contributed by atoms with E-state index in [0.717, 1.165) is 29.6 Å². The average Bonchev–Trinajstić information content (AvgIpc) is 2.33. The summed E-state index contributed by atoms with van der Waals surface area (Å²) in [5.74, 6) is 0. The first-order chi connectivity index (χ1) is 9.28. The first-order valence-corrected chi connectivity index (χ1v) is 8.31. The van der Waals surface area contributed by atoms with Crippen LogP contribution in [0.3, 0.4) is 0 Å². The quantitative estimate of drug-likeness (QED) is 0.782. The summed E-state index contributed by atoms with van der Waals surface area (Å²) < 4.78 is 24.6. The van der Waals surface area contributed by atoms with Crippen LogP contribution in [-0.4, -0.2) is 34.3 Å². The minimum absolute atomic E-state index is 0.346. The third-order valence-electron chi connectivity index (χ3n) is 3.06. The molecule has 1 N–H and O–H groups in total. The van der Waals surface area contributed by atoms with Gasteiger partial charge in [0.2, 0.25) is 10.0 Å². The molecule has 0 saturated heterocycles. The molecule has 0 atom stereocenters. The van der Waals surface area contributed by atoms with Gasteiger partial charge in [-0.05, 0) is 49.2 Å². The third kappa shape index (κ3) is 4.57. The summed E-state index contributed by atoms with van der Waals surface area (Å²) >= 11 is 0. The van der Waals surface area contributed by atoms with Gasteiger partial charge in [0.05, 0.1) is 6.26 Å². The maximum Gasteiger partial charge on any atom is 0.208 e. The standard InChI is InChI=1S/C13H21N3O3S/c1-5-16(7-6-14-20(4,18)19)12-8-10(2)13(15-17)11(3)9-12/h8-9,14H,5-7H2,1-4H3. The molecule has 20 heavy (non-hydrogen) atoms. The Balaban J connectivity index is 2.88. The zero-order valence-electron chi connectivity index (χ0n) is 12.3. The van der Waals surface area contributed by atoms with Crippen LogP contribution in [0.2, 0.25) is 0 Å². The van der Waals surface area contributed by atoms with E-state index in [4.69, 9.17) is 0 Å². The molecule has 1 rings (SSSR count). The van der Waals surface area contributed by atoms with Crippen molar-refractivity contribution in [2.75, 3.05) is 30.8 Å². The van der Waals surface area contributed by atoms with Crippen LogP contribution in [0.4, 0.5) is 11.4 Å². The van der Waals surface area contributed by atoms with Gasteiger partial charge in [0.1, 0.15) is 5.69 Å². The third-order valence-corrected chi connectivity index (χ3v) is 3.79. The number of likely N-dealkylation sites (N-methyl/N-ethyl adjacent to an activating group) is 1. The lowest BCUT2D eigenvalue weighted by Gasteiger charge is -2.24. The van der Waals surface area contributed by atoms with Gasteiger partial charge in [-0.2, -0.15) is 0 Å². The number of sulfonamides is 1. The second-order valence-corrected chi connectivity index (χ2v) is 6.60. The maximum atomic E-state index is 11.1. The fraction of sp³-hybridized carbons (Fsp3) is 0.538. The highest BCUT2D eigenvalue weighted by atomic mass is 32.2. The van der Waals surface area contributed by atoms with Crippen molar-refractivity contribution >= 4 is 21.4 Å². The van der Waals surface area contributed by atoms with Gasteiger partial charge in [-0.3, -0.25) is 0 Å². The molecule has 112 valence electrons. The normalized spacial score (nSPS) is 11.4. The van der Waals surface area contributed by atoms with Gasteiger partial charge in [0.25, 0.3) is 0 Å². The van der Waals surface area contributed by atoms with Crippen molar-refractivity contribution in [1.29, 1.82) is 0 Å². The van der Waals surface area contributed by atoms with Crippen LogP contribution < -0.4 is 9.62 Å². The molecule has 0 aliphatic carbocycles. The van der Waals surface area contributed by atoms with Gasteiger partial charge < -0.3 is 4.90 Å². The summed E-state index contributed by atoms with van der Waals surface area (Å²) in [6, 6.07) is 3.79. The molecule has 0 unspecified atom stereocenters. The molecule has 1 aromatic rings. The van der Waals surface area contributed by atoms with Crippen molar-refractivity contribution in [2.24, 2.45) is 5.18 Å². The molecular formula is C13H21N3O3S. The lowest BCUT2D eigenvalue weighted by atomic mass is 10.1. The van der Waals surface area contributed by atoms with E-state index in [-0.39, 0.29) is 0 Å². The maximum absolute atomic E-state index is 11.1. The summed E-state index contributed by atoms with van der Waals surface area (Å²) in [6.07, 6.45) is 1.14. The second-order valence-electron chi connectivity index (χ2n) is 4.77. The summed E-state index contributed by atoms with van der Waals surface area (Å²) in [7, 11) is -3.17. The number of nitrogens with one attached hydrogen (secondary N) is 1. The molecule has 0 amide bonds. The minimum Gasteiger partial charge on any atom is -0.370 e. The van der Waals surface area contributed by atoms with Crippen molar-refractivity contribution in [1.82, 2.24) is 4.72 Å². The van der Waals surface area contributed by atoms with Gasteiger partial charge in [0, 0.05) is 25.3 Å². The van der Waals surface area contributed by atoms with Crippen LogP contribution in [0, 0.1) is 18.8 Å². The topological polar surface area (TPSA) is 78.8 Å². The number of nitroso groups, excluding NO2 is 1. The summed E-state index contributed by atoms with van der Waals surface area (Å²) in [5.41, 5.74) is 3.08. The molecule has 0 spiro atoms. The first-order valence-electron chi connectivity index (χ1n) is 6.42. The van der Waals surface area contributed by atoms with Crippen LogP contribution in [-0.2, 0) is 10.0 Å². The van der Waals surface area contributed by atoms with Gasteiger partial charge in [-0.1, -0.05) is 0 Å². The zero-order valence-corrected chi connectivity index (χ0v) is 13.1. The van der Waals surface area contributed by atoms with Gasteiger partial charge >= 0.3 is 0 Å². The monoisotopic (exact) mass is 299 g/mol. The van der Waals surface area contributed by atoms with Crippen molar-refractivity contribution in [3.05, 3.63) is 28.2 Å². The van der Waals surface area contributed by atoms with E-state index in [9.17, 15) is 13.3 Å². The molecule has 6 nitrogen and oxygen atoms in total. The van der Waals surface area contributed by atoms with E-state index >= 15 is 0 Å². The predicted octanol–water partition coefficient (Wildman–Crippen LogP) is 2.08. The second kappa shape index (κ2) is 6.81. The zero-order chi connectivity index (χ0) is 15.3. The van der Waals surface area contributed by atoms with Gasteiger partial charge in [0.15, 0.2) is 0 Å². The van der Waals surface area contributed by atoms with Crippen molar-refractivity contribution < 1.29 is 8.42 Å². The highest BCUT2D eigenvalue weighted by Gasteiger charge is 2.10. The fourth-order valence-electron chi connectivity index (χ4n) is 2.10. The lowest BCUT2D eigenvalue weighted by Crippen LogP contribution is -2.34. The largest absolute Gasteiger partial charge is 0.370 e. The molecule has 7 heteroatoms. The number of rotatable bonds is 7. The molecule has 0 saturated carbocycles. The van der Waals surface area contributed by atoms with Crippen LogP contribution in [0.1, 0.15) is 18.1 Å². The van der Waals surface area contributed by atoms with E-state index in [1.54, 1.807) is 0 Å². The van der Waals surface area contributed by atoms with Crippen molar-refractivity contribution in [3.8, 4) is 0 Å². The van der Waals surface area contributed by atoms with Crippen LogP contribution >= 0.6 is 0 Å². The van der Waals surface area contributed by atoms with Crippen LogP contribution in [0.15, 0.2) is 17.3 Å². The van der Waals surface area contributed by atoms with Crippen molar-refractivity contribution in [2.45, 2.75) is 20.8 Å². The molecule has 0 aliphatic heterocycles. The van der Waals surface area contributed by atoms with Crippen LogP contribution in [0.5, 0.6) is 0 Å². The van der Waals surface area contributed by atoms with Crippen LogP contribution in [0.25, 0.3) is 0 Å². The summed E-state index contributed by atoms with van der Waals surface area (Å²) in [5, 5.41) is 3.03. The Labute approximate surface area is 120 Å². The molecule has 0 aromatic heterocycles. The molecule has 1 aromatic carbocycles. The smallest absolute Gasteiger partial charge is 0.208 e. The number of aryl methyl sites for hydroxylation is 2. The number of anilines is 1. The van der Waals surface area contributed by atoms with E-state index in [1.807, 2.05) is 37.8 Å². The predicted molar refractivity (Wildman–Crippen MR) is 82.1 cm³/mol. The van der Waals surface area contributed by atoms with E-state index in [1.165, 1.54) is 0 Å². The Bertz CT molecular complexity index is 562. The molecule has 0 aliphatic rings. The minimum atomic E-state index is -3.17. The van der Waals surface area contributed by atoms with E-state index < -0.39 is 10.0 Å². The Morgan fingerprint density at radius 3 is 2.20 bits per heavy atom. The van der Waals surface area contributed by atoms with E-state index in [2.05, 4.69) is 9.90 Å². The lowest BCUT2D eigenvalue weighted by molar-refractivity contribution is 0.587. The number of hydrogen-bond donors (Lipinski definition) is 1. The van der Waals surface area contributed by atoms with E-state index in [0.29, 0.717) is 18.8 Å². The molecule has 0 fully saturated rings. The molecule has 0 bridgehead atoms. The highest BCUT2D eigenvalue weighted by Crippen LogP contribution is 2.28. The van der Waals surface area contributed by atoms with Gasteiger partial charge in [-0.25, -0.2) is 13.1 Å². The van der Waals surface area contributed by atoms with Gasteiger partial charge in [-0.15, -0.1) is 4.91 Å². The summed E-state index contributed by atoms with van der Waals surface area (Å²) in [4.78, 5) is 12.8. The molecule has 0 radical (unpaired) electrons. The highest BCUT2D eigenvalue weighted by molar-refractivity contribution is 7.88. The number of nitrogens with zero attached hydrogens (tertiary/aromatic N) is 2. The Kier molecular flexibility index (Phi) is 5.64. The number of hydrogen-bond acceptors (Lipinski definition) is 5.